The van der Waals surface area contributed by atoms with Gasteiger partial charge in [0.05, 0.1) is 11.4 Å². The highest BCUT2D eigenvalue weighted by Gasteiger charge is 2.15. The van der Waals surface area contributed by atoms with Gasteiger partial charge >= 0.3 is 0 Å². The first-order valence-corrected chi connectivity index (χ1v) is 11.7. The largest absolute Gasteiger partial charge is 0.324 e. The highest BCUT2D eigenvalue weighted by molar-refractivity contribution is 8.00. The lowest BCUT2D eigenvalue weighted by Crippen LogP contribution is -2.15. The molecule has 0 spiro atoms. The first kappa shape index (κ1) is 21.9. The van der Waals surface area contributed by atoms with Crippen LogP contribution in [0.3, 0.4) is 0 Å². The van der Waals surface area contributed by atoms with Gasteiger partial charge in [0.2, 0.25) is 5.91 Å². The summed E-state index contributed by atoms with van der Waals surface area (Å²) >= 11 is 2.96. The number of rotatable bonds is 9. The summed E-state index contributed by atoms with van der Waals surface area (Å²) in [6, 6.07) is 21.6. The number of carbonyl (C=O) groups is 1. The molecular formula is C24H21N5OS2. The Morgan fingerprint density at radius 2 is 1.75 bits per heavy atom. The van der Waals surface area contributed by atoms with Crippen molar-refractivity contribution in [2.45, 2.75) is 21.5 Å². The fourth-order valence-corrected chi connectivity index (χ4v) is 4.67. The molecule has 0 bridgehead atoms. The number of para-hydroxylation sites is 1. The molecule has 6 nitrogen and oxygen atoms in total. The van der Waals surface area contributed by atoms with Crippen molar-refractivity contribution in [1.29, 1.82) is 0 Å². The first-order chi connectivity index (χ1) is 15.7. The molecule has 0 fully saturated rings. The minimum Gasteiger partial charge on any atom is -0.324 e. The Hall–Kier alpha value is -3.36. The minimum atomic E-state index is -0.102. The van der Waals surface area contributed by atoms with Crippen molar-refractivity contribution in [1.82, 2.24) is 19.7 Å². The average Bonchev–Trinajstić information content (AvgIpc) is 3.23. The third-order valence-corrected chi connectivity index (χ3v) is 6.48. The number of pyridine rings is 1. The predicted molar refractivity (Wildman–Crippen MR) is 130 cm³/mol. The van der Waals surface area contributed by atoms with Gasteiger partial charge < -0.3 is 5.32 Å². The van der Waals surface area contributed by atoms with E-state index < -0.39 is 0 Å². The molecule has 0 aliphatic rings. The Labute approximate surface area is 195 Å². The lowest BCUT2D eigenvalue weighted by molar-refractivity contribution is -0.113. The summed E-state index contributed by atoms with van der Waals surface area (Å²) in [7, 11) is 0. The summed E-state index contributed by atoms with van der Waals surface area (Å²) in [6.07, 6.45) is 5.22. The third-order valence-electron chi connectivity index (χ3n) is 4.43. The summed E-state index contributed by atoms with van der Waals surface area (Å²) in [6.45, 7) is 4.37. The molecule has 0 radical (unpaired) electrons. The Bertz CT molecular complexity index is 1200. The summed E-state index contributed by atoms with van der Waals surface area (Å²) in [4.78, 5) is 18.9. The van der Waals surface area contributed by atoms with Crippen LogP contribution in [0.1, 0.15) is 0 Å². The number of hydrogen-bond acceptors (Lipinski definition) is 6. The van der Waals surface area contributed by atoms with Gasteiger partial charge in [-0.05, 0) is 36.4 Å². The summed E-state index contributed by atoms with van der Waals surface area (Å²) in [5, 5.41) is 12.3. The van der Waals surface area contributed by atoms with Gasteiger partial charge in [0, 0.05) is 34.3 Å². The molecule has 0 aliphatic heterocycles. The monoisotopic (exact) mass is 459 g/mol. The minimum absolute atomic E-state index is 0.102. The number of aromatic nitrogens is 4. The molecule has 0 unspecified atom stereocenters. The van der Waals surface area contributed by atoms with Crippen LogP contribution < -0.4 is 5.32 Å². The first-order valence-electron chi connectivity index (χ1n) is 9.93. The van der Waals surface area contributed by atoms with E-state index in [1.165, 1.54) is 11.8 Å². The number of hydrogen-bond donors (Lipinski definition) is 1. The van der Waals surface area contributed by atoms with Gasteiger partial charge in [-0.1, -0.05) is 59.9 Å². The van der Waals surface area contributed by atoms with Crippen LogP contribution >= 0.6 is 23.5 Å². The molecule has 4 rings (SSSR count). The van der Waals surface area contributed by atoms with E-state index in [4.69, 9.17) is 0 Å². The number of amides is 1. The average molecular weight is 460 g/mol. The number of anilines is 1. The fourth-order valence-electron chi connectivity index (χ4n) is 2.99. The Balaban J connectivity index is 1.44. The second-order valence-corrected chi connectivity index (χ2v) is 8.75. The maximum absolute atomic E-state index is 12.7. The van der Waals surface area contributed by atoms with E-state index in [-0.39, 0.29) is 11.7 Å². The van der Waals surface area contributed by atoms with Crippen molar-refractivity contribution in [2.24, 2.45) is 0 Å². The van der Waals surface area contributed by atoms with Crippen LogP contribution in [0.4, 0.5) is 5.69 Å². The smallest absolute Gasteiger partial charge is 0.234 e. The Morgan fingerprint density at radius 3 is 2.53 bits per heavy atom. The van der Waals surface area contributed by atoms with Crippen LogP contribution in [0.5, 0.6) is 0 Å². The molecule has 160 valence electrons. The lowest BCUT2D eigenvalue weighted by Gasteiger charge is -2.11. The highest BCUT2D eigenvalue weighted by Crippen LogP contribution is 2.33. The molecule has 4 aromatic rings. The maximum atomic E-state index is 12.7. The number of carbonyl (C=O) groups excluding carboxylic acids is 1. The van der Waals surface area contributed by atoms with E-state index in [0.29, 0.717) is 11.7 Å². The number of benzene rings is 2. The van der Waals surface area contributed by atoms with Gasteiger partial charge in [0.15, 0.2) is 11.0 Å². The molecule has 0 saturated heterocycles. The zero-order chi connectivity index (χ0) is 22.2. The maximum Gasteiger partial charge on any atom is 0.234 e. The third kappa shape index (κ3) is 5.46. The second kappa shape index (κ2) is 10.8. The molecule has 1 amide bonds. The summed E-state index contributed by atoms with van der Waals surface area (Å²) < 4.78 is 1.94. The molecule has 0 aliphatic carbocycles. The molecular weight excluding hydrogens is 438 g/mol. The highest BCUT2D eigenvalue weighted by atomic mass is 32.2. The molecule has 2 heterocycles. The molecule has 1 N–H and O–H groups in total. The summed E-state index contributed by atoms with van der Waals surface area (Å²) in [5.41, 5.74) is 1.70. The van der Waals surface area contributed by atoms with Gasteiger partial charge in [-0.3, -0.25) is 14.3 Å². The molecule has 8 heteroatoms. The van der Waals surface area contributed by atoms with E-state index >= 15 is 0 Å². The van der Waals surface area contributed by atoms with Gasteiger partial charge in [-0.2, -0.15) is 0 Å². The Morgan fingerprint density at radius 1 is 1.00 bits per heavy atom. The lowest BCUT2D eigenvalue weighted by atomic mass is 10.2. The zero-order valence-corrected chi connectivity index (χ0v) is 18.9. The van der Waals surface area contributed by atoms with Crippen molar-refractivity contribution in [3.63, 3.8) is 0 Å². The van der Waals surface area contributed by atoms with E-state index in [1.807, 2.05) is 71.3 Å². The van der Waals surface area contributed by atoms with E-state index in [0.717, 1.165) is 26.9 Å². The van der Waals surface area contributed by atoms with Crippen molar-refractivity contribution < 1.29 is 4.79 Å². The number of allylic oxidation sites excluding steroid dienone is 1. The van der Waals surface area contributed by atoms with Gasteiger partial charge in [-0.25, -0.2) is 0 Å². The summed E-state index contributed by atoms with van der Waals surface area (Å²) in [5.74, 6) is 0.838. The van der Waals surface area contributed by atoms with Crippen LogP contribution in [0.25, 0.3) is 11.4 Å². The van der Waals surface area contributed by atoms with Crippen LogP contribution in [-0.2, 0) is 11.3 Å². The SMILES string of the molecule is C=CCn1c(SCC(=O)Nc2ccccc2Sc2ccccc2)nnc1-c1ccncc1. The van der Waals surface area contributed by atoms with Gasteiger partial charge in [0.25, 0.3) is 0 Å². The van der Waals surface area contributed by atoms with Crippen molar-refractivity contribution >= 4 is 35.1 Å². The molecule has 0 atom stereocenters. The quantitative estimate of drug-likeness (QED) is 0.267. The molecule has 0 saturated carbocycles. The standard InChI is InChI=1S/C24H21N5OS2/c1-2-16-29-23(18-12-14-25-15-13-18)27-28-24(29)31-17-22(30)26-20-10-6-7-11-21(20)32-19-8-4-3-5-9-19/h2-15H,1,16-17H2,(H,26,30). The topological polar surface area (TPSA) is 72.7 Å². The fraction of sp³-hybridized carbons (Fsp3) is 0.0833. The van der Waals surface area contributed by atoms with Crippen LogP contribution in [0.15, 0.2) is 107 Å². The number of thioether (sulfide) groups is 1. The number of nitrogens with one attached hydrogen (secondary N) is 1. The van der Waals surface area contributed by atoms with Crippen molar-refractivity contribution in [2.75, 3.05) is 11.1 Å². The molecule has 32 heavy (non-hydrogen) atoms. The molecule has 2 aromatic heterocycles. The van der Waals surface area contributed by atoms with Crippen molar-refractivity contribution in [3.05, 3.63) is 91.8 Å². The van der Waals surface area contributed by atoms with Crippen LogP contribution in [0, 0.1) is 0 Å². The Kier molecular flexibility index (Phi) is 7.37. The zero-order valence-electron chi connectivity index (χ0n) is 17.2. The second-order valence-electron chi connectivity index (χ2n) is 6.69. The van der Waals surface area contributed by atoms with Crippen LogP contribution in [0.2, 0.25) is 0 Å². The van der Waals surface area contributed by atoms with E-state index in [2.05, 4.69) is 27.1 Å². The van der Waals surface area contributed by atoms with Gasteiger partial charge in [0.1, 0.15) is 0 Å². The number of nitrogens with zero attached hydrogens (tertiary/aromatic N) is 4. The van der Waals surface area contributed by atoms with E-state index in [1.54, 1.807) is 30.2 Å². The predicted octanol–water partition coefficient (Wildman–Crippen LogP) is 5.41. The van der Waals surface area contributed by atoms with Crippen molar-refractivity contribution in [3.8, 4) is 11.4 Å². The van der Waals surface area contributed by atoms with Gasteiger partial charge in [-0.15, -0.1) is 16.8 Å². The van der Waals surface area contributed by atoms with Crippen LogP contribution in [-0.4, -0.2) is 31.4 Å². The van der Waals surface area contributed by atoms with E-state index in [9.17, 15) is 4.79 Å². The normalized spacial score (nSPS) is 10.6. The molecule has 2 aromatic carbocycles.